The minimum Gasteiger partial charge on any atom is -0.497 e. The van der Waals surface area contributed by atoms with Gasteiger partial charge in [-0.3, -0.25) is 5.73 Å². The lowest BCUT2D eigenvalue weighted by atomic mass is 10.1. The molecule has 1 heterocycles. The van der Waals surface area contributed by atoms with Gasteiger partial charge in [-0.15, -0.1) is 0 Å². The van der Waals surface area contributed by atoms with E-state index in [0.29, 0.717) is 17.0 Å². The molecule has 0 atom stereocenters. The summed E-state index contributed by atoms with van der Waals surface area (Å²) in [5.74, 6) is 1.27. The van der Waals surface area contributed by atoms with Crippen molar-refractivity contribution in [1.82, 2.24) is 15.7 Å². The number of hydrogen-bond acceptors (Lipinski definition) is 4. The van der Waals surface area contributed by atoms with E-state index >= 15 is 0 Å². The normalized spacial score (nSPS) is 10.4. The Bertz CT molecular complexity index is 540. The number of hydrogen-bond donors (Lipinski definition) is 0. The van der Waals surface area contributed by atoms with Gasteiger partial charge < -0.3 is 9.47 Å². The zero-order valence-corrected chi connectivity index (χ0v) is 9.37. The first kappa shape index (κ1) is 10.5. The van der Waals surface area contributed by atoms with Crippen LogP contribution in [0.4, 0.5) is 5.95 Å². The highest BCUT2D eigenvalue weighted by Gasteiger charge is 2.10. The fraction of sp³-hybridized carbons (Fsp3) is 0.273. The molecule has 2 rings (SSSR count). The number of fused-ring (bicyclic) bond motifs is 1. The number of nitrogens with zero attached hydrogens (tertiary/aromatic N) is 2. The largest absolute Gasteiger partial charge is 0.497 e. The molecule has 83 valence electrons. The Kier molecular flexibility index (Phi) is 2.52. The molecule has 1 aromatic heterocycles. The average molecular weight is 218 g/mol. The van der Waals surface area contributed by atoms with Crippen LogP contribution in [0.3, 0.4) is 0 Å². The molecule has 0 bridgehead atoms. The predicted molar refractivity (Wildman–Crippen MR) is 60.1 cm³/mol. The minimum absolute atomic E-state index is 0.00605. The lowest BCUT2D eigenvalue weighted by molar-refractivity contribution is 0.397. The summed E-state index contributed by atoms with van der Waals surface area (Å²) < 4.78 is 10.4. The molecule has 1 aromatic carbocycles. The van der Waals surface area contributed by atoms with Gasteiger partial charge in [-0.05, 0) is 13.0 Å². The molecule has 0 saturated carbocycles. The van der Waals surface area contributed by atoms with Gasteiger partial charge in [0.25, 0.3) is 0 Å². The van der Waals surface area contributed by atoms with Crippen molar-refractivity contribution in [2.24, 2.45) is 0 Å². The molecule has 0 saturated heterocycles. The van der Waals surface area contributed by atoms with E-state index in [-0.39, 0.29) is 5.95 Å². The van der Waals surface area contributed by atoms with Gasteiger partial charge in [0.15, 0.2) is 0 Å². The molecule has 0 aliphatic carbocycles. The molecule has 2 aromatic rings. The maximum absolute atomic E-state index is 7.48. The number of aromatic nitrogens is 2. The van der Waals surface area contributed by atoms with Crippen molar-refractivity contribution in [1.29, 1.82) is 0 Å². The molecule has 0 fully saturated rings. The summed E-state index contributed by atoms with van der Waals surface area (Å²) in [6, 6.07) is 3.58. The Hall–Kier alpha value is -2.04. The summed E-state index contributed by atoms with van der Waals surface area (Å²) >= 11 is 0. The molecule has 16 heavy (non-hydrogen) atoms. The van der Waals surface area contributed by atoms with Crippen molar-refractivity contribution in [2.45, 2.75) is 6.92 Å². The van der Waals surface area contributed by atoms with Crippen molar-refractivity contribution in [3.05, 3.63) is 17.8 Å². The maximum Gasteiger partial charge on any atom is 0.242 e. The lowest BCUT2D eigenvalue weighted by Crippen LogP contribution is -1.95. The second kappa shape index (κ2) is 3.84. The van der Waals surface area contributed by atoms with Gasteiger partial charge in [0.05, 0.1) is 19.9 Å². The van der Waals surface area contributed by atoms with Crippen LogP contribution in [-0.2, 0) is 0 Å². The standard InChI is InChI=1S/C11H12N3O2/c1-6-8-4-7(15-2)5-9(16-3)10(8)14-11(12)13-6/h4-5,12H,1-3H3. The number of nitrogens with one attached hydrogen (secondary N) is 1. The maximum atomic E-state index is 7.48. The summed E-state index contributed by atoms with van der Waals surface area (Å²) in [5, 5.41) is 0.840. The van der Waals surface area contributed by atoms with Crippen LogP contribution in [-0.4, -0.2) is 24.2 Å². The molecule has 0 aliphatic heterocycles. The number of ether oxygens (including phenoxy) is 2. The number of aryl methyl sites for hydroxylation is 1. The molecule has 1 N–H and O–H groups in total. The van der Waals surface area contributed by atoms with Crippen LogP contribution in [0.2, 0.25) is 0 Å². The first-order valence-electron chi connectivity index (χ1n) is 4.77. The van der Waals surface area contributed by atoms with Crippen molar-refractivity contribution in [2.75, 3.05) is 14.2 Å². The Morgan fingerprint density at radius 2 is 1.88 bits per heavy atom. The minimum atomic E-state index is -0.00605. The molecule has 0 amide bonds. The monoisotopic (exact) mass is 218 g/mol. The van der Waals surface area contributed by atoms with E-state index in [1.54, 1.807) is 20.3 Å². The van der Waals surface area contributed by atoms with Gasteiger partial charge in [-0.2, -0.15) is 0 Å². The summed E-state index contributed by atoms with van der Waals surface area (Å²) in [5.41, 5.74) is 8.86. The Morgan fingerprint density at radius 3 is 2.50 bits per heavy atom. The highest BCUT2D eigenvalue weighted by atomic mass is 16.5. The van der Waals surface area contributed by atoms with Crippen LogP contribution in [0.5, 0.6) is 11.5 Å². The van der Waals surface area contributed by atoms with E-state index < -0.39 is 0 Å². The van der Waals surface area contributed by atoms with Crippen molar-refractivity contribution < 1.29 is 9.47 Å². The lowest BCUT2D eigenvalue weighted by Gasteiger charge is -2.09. The van der Waals surface area contributed by atoms with Gasteiger partial charge in [0.1, 0.15) is 17.0 Å². The highest BCUT2D eigenvalue weighted by Crippen LogP contribution is 2.31. The fourth-order valence-corrected chi connectivity index (χ4v) is 1.60. The second-order valence-electron chi connectivity index (χ2n) is 3.36. The molecule has 5 heteroatoms. The Morgan fingerprint density at radius 1 is 1.12 bits per heavy atom. The topological polar surface area (TPSA) is 68.0 Å². The number of rotatable bonds is 2. The van der Waals surface area contributed by atoms with E-state index in [4.69, 9.17) is 15.2 Å². The molecule has 0 spiro atoms. The molecule has 0 aliphatic rings. The van der Waals surface area contributed by atoms with E-state index in [0.717, 1.165) is 11.1 Å². The molecule has 1 radical (unpaired) electrons. The van der Waals surface area contributed by atoms with Gasteiger partial charge in [-0.1, -0.05) is 0 Å². The third kappa shape index (κ3) is 1.60. The molecular formula is C11H12N3O2. The van der Waals surface area contributed by atoms with E-state index in [1.807, 2.05) is 13.0 Å². The summed E-state index contributed by atoms with van der Waals surface area (Å²) in [7, 11) is 3.16. The average Bonchev–Trinajstić information content (AvgIpc) is 2.28. The number of benzene rings is 1. The van der Waals surface area contributed by atoms with Gasteiger partial charge in [0, 0.05) is 11.5 Å². The van der Waals surface area contributed by atoms with Crippen molar-refractivity contribution >= 4 is 16.9 Å². The fourth-order valence-electron chi connectivity index (χ4n) is 1.60. The zero-order chi connectivity index (χ0) is 11.7. The van der Waals surface area contributed by atoms with Crippen LogP contribution in [0, 0.1) is 6.92 Å². The van der Waals surface area contributed by atoms with Gasteiger partial charge in [0.2, 0.25) is 5.95 Å². The summed E-state index contributed by atoms with van der Waals surface area (Å²) in [4.78, 5) is 8.05. The second-order valence-corrected chi connectivity index (χ2v) is 3.36. The van der Waals surface area contributed by atoms with E-state index in [9.17, 15) is 0 Å². The molecule has 0 unspecified atom stereocenters. The highest BCUT2D eigenvalue weighted by molar-refractivity contribution is 5.88. The van der Waals surface area contributed by atoms with Gasteiger partial charge in [-0.25, -0.2) is 9.97 Å². The van der Waals surface area contributed by atoms with Crippen LogP contribution in [0.15, 0.2) is 12.1 Å². The van der Waals surface area contributed by atoms with Crippen molar-refractivity contribution in [3.63, 3.8) is 0 Å². The van der Waals surface area contributed by atoms with Crippen molar-refractivity contribution in [3.8, 4) is 11.5 Å². The van der Waals surface area contributed by atoms with Crippen LogP contribution < -0.4 is 15.2 Å². The molecule has 5 nitrogen and oxygen atoms in total. The summed E-state index contributed by atoms with van der Waals surface area (Å²) in [6.07, 6.45) is 0. The SMILES string of the molecule is COc1cc(OC)c2nc([NH])nc(C)c2c1. The zero-order valence-electron chi connectivity index (χ0n) is 9.37. The third-order valence-corrected chi connectivity index (χ3v) is 2.39. The Labute approximate surface area is 93.2 Å². The smallest absolute Gasteiger partial charge is 0.242 e. The quantitative estimate of drug-likeness (QED) is 0.771. The third-order valence-electron chi connectivity index (χ3n) is 2.39. The molecular weight excluding hydrogens is 206 g/mol. The number of methoxy groups -OCH3 is 2. The Balaban J connectivity index is 2.83. The van der Waals surface area contributed by atoms with Gasteiger partial charge >= 0.3 is 0 Å². The van der Waals surface area contributed by atoms with Crippen LogP contribution in [0.1, 0.15) is 5.69 Å². The first-order chi connectivity index (χ1) is 7.65. The van der Waals surface area contributed by atoms with Crippen LogP contribution in [0.25, 0.3) is 10.9 Å². The van der Waals surface area contributed by atoms with Crippen LogP contribution >= 0.6 is 0 Å². The summed E-state index contributed by atoms with van der Waals surface area (Å²) in [6.45, 7) is 1.83. The van der Waals surface area contributed by atoms with E-state index in [2.05, 4.69) is 9.97 Å². The first-order valence-corrected chi connectivity index (χ1v) is 4.77. The predicted octanol–water partition coefficient (Wildman–Crippen LogP) is 1.87. The van der Waals surface area contributed by atoms with E-state index in [1.165, 1.54) is 0 Å².